The molecule has 0 spiro atoms. The standard InChI is InChI=1S/C23H31N5O5S/c1-14(21(29)27-11-10-24-22(27)30)34-23-26-25-20(28(23)16-8-6-5-7-9-16)15-12-17(31-2)19(33-4)18(13-15)32-3/h12-14,16H,5-11H2,1-4H3,(H,24,30). The van der Waals surface area contributed by atoms with Gasteiger partial charge >= 0.3 is 6.03 Å². The van der Waals surface area contributed by atoms with Gasteiger partial charge in [-0.25, -0.2) is 4.79 Å². The third-order valence-electron chi connectivity index (χ3n) is 6.28. The fourth-order valence-corrected chi connectivity index (χ4v) is 5.52. The molecule has 0 radical (unpaired) electrons. The summed E-state index contributed by atoms with van der Waals surface area (Å²) < 4.78 is 18.7. The number of urea groups is 1. The lowest BCUT2D eigenvalue weighted by Gasteiger charge is -2.26. The first-order valence-corrected chi connectivity index (χ1v) is 12.4. The van der Waals surface area contributed by atoms with Crippen molar-refractivity contribution in [1.82, 2.24) is 25.0 Å². The molecule has 1 N–H and O–H groups in total. The first-order valence-electron chi connectivity index (χ1n) is 11.5. The summed E-state index contributed by atoms with van der Waals surface area (Å²) in [6.07, 6.45) is 5.49. The normalized spacial score (nSPS) is 17.4. The van der Waals surface area contributed by atoms with Crippen molar-refractivity contribution in [2.45, 2.75) is 55.5 Å². The highest BCUT2D eigenvalue weighted by Gasteiger charge is 2.33. The van der Waals surface area contributed by atoms with E-state index in [0.717, 1.165) is 31.2 Å². The summed E-state index contributed by atoms with van der Waals surface area (Å²) >= 11 is 1.33. The van der Waals surface area contributed by atoms with Gasteiger partial charge in [0.2, 0.25) is 11.7 Å². The molecule has 1 aromatic heterocycles. The number of aromatic nitrogens is 3. The molecule has 1 unspecified atom stereocenters. The van der Waals surface area contributed by atoms with Crippen LogP contribution >= 0.6 is 11.8 Å². The molecule has 1 atom stereocenters. The molecular formula is C23H31N5O5S. The Bertz CT molecular complexity index is 1030. The maximum atomic E-state index is 12.9. The van der Waals surface area contributed by atoms with Crippen LogP contribution in [0, 0.1) is 0 Å². The quantitative estimate of drug-likeness (QED) is 0.562. The molecule has 2 aliphatic rings. The Hall–Kier alpha value is -2.95. The fourth-order valence-electron chi connectivity index (χ4n) is 4.54. The molecule has 1 aliphatic heterocycles. The van der Waals surface area contributed by atoms with E-state index in [9.17, 15) is 9.59 Å². The van der Waals surface area contributed by atoms with Crippen LogP contribution in [-0.2, 0) is 4.79 Å². The largest absolute Gasteiger partial charge is 0.493 e. The Morgan fingerprint density at radius 3 is 2.32 bits per heavy atom. The fraction of sp³-hybridized carbons (Fsp3) is 0.565. The molecule has 2 fully saturated rings. The number of hydrogen-bond acceptors (Lipinski definition) is 8. The van der Waals surface area contributed by atoms with Crippen molar-refractivity contribution < 1.29 is 23.8 Å². The molecule has 1 saturated carbocycles. The van der Waals surface area contributed by atoms with E-state index in [4.69, 9.17) is 14.2 Å². The summed E-state index contributed by atoms with van der Waals surface area (Å²) in [7, 11) is 4.73. The molecule has 1 aliphatic carbocycles. The van der Waals surface area contributed by atoms with Gasteiger partial charge in [0.25, 0.3) is 0 Å². The maximum absolute atomic E-state index is 12.9. The monoisotopic (exact) mass is 489 g/mol. The van der Waals surface area contributed by atoms with Gasteiger partial charge in [0.1, 0.15) is 0 Å². The van der Waals surface area contributed by atoms with Crippen molar-refractivity contribution in [3.63, 3.8) is 0 Å². The van der Waals surface area contributed by atoms with E-state index in [1.54, 1.807) is 28.3 Å². The number of imide groups is 1. The van der Waals surface area contributed by atoms with Gasteiger partial charge in [-0.15, -0.1) is 10.2 Å². The lowest BCUT2D eigenvalue weighted by atomic mass is 9.95. The topological polar surface area (TPSA) is 108 Å². The van der Waals surface area contributed by atoms with Crippen LogP contribution in [0.15, 0.2) is 17.3 Å². The molecule has 10 nitrogen and oxygen atoms in total. The Kier molecular flexibility index (Phi) is 7.50. The van der Waals surface area contributed by atoms with Crippen molar-refractivity contribution in [2.24, 2.45) is 0 Å². The summed E-state index contributed by atoms with van der Waals surface area (Å²) in [6.45, 7) is 2.66. The zero-order chi connectivity index (χ0) is 24.2. The first-order chi connectivity index (χ1) is 16.5. The number of carbonyl (C=O) groups excluding carboxylic acids is 2. The van der Waals surface area contributed by atoms with Gasteiger partial charge in [0.05, 0.1) is 26.6 Å². The second-order valence-corrected chi connectivity index (χ2v) is 9.67. The molecule has 4 rings (SSSR count). The summed E-state index contributed by atoms with van der Waals surface area (Å²) in [5.41, 5.74) is 0.789. The number of carbonyl (C=O) groups is 2. The van der Waals surface area contributed by atoms with E-state index in [-0.39, 0.29) is 18.0 Å². The number of thioether (sulfide) groups is 1. The van der Waals surface area contributed by atoms with Crippen LogP contribution in [0.3, 0.4) is 0 Å². The van der Waals surface area contributed by atoms with Crippen molar-refractivity contribution in [1.29, 1.82) is 0 Å². The third-order valence-corrected chi connectivity index (χ3v) is 7.32. The van der Waals surface area contributed by atoms with Gasteiger partial charge < -0.3 is 19.5 Å². The number of ether oxygens (including phenoxy) is 3. The predicted octanol–water partition coefficient (Wildman–Crippen LogP) is 3.51. The van der Waals surface area contributed by atoms with Gasteiger partial charge in [0, 0.05) is 24.7 Å². The smallest absolute Gasteiger partial charge is 0.324 e. The maximum Gasteiger partial charge on any atom is 0.324 e. The number of nitrogens with zero attached hydrogens (tertiary/aromatic N) is 4. The van der Waals surface area contributed by atoms with Crippen molar-refractivity contribution in [3.05, 3.63) is 12.1 Å². The Morgan fingerprint density at radius 2 is 1.76 bits per heavy atom. The molecular weight excluding hydrogens is 458 g/mol. The molecule has 3 amide bonds. The van der Waals surface area contributed by atoms with Gasteiger partial charge in [0.15, 0.2) is 22.5 Å². The molecule has 2 heterocycles. The minimum absolute atomic E-state index is 0.220. The lowest BCUT2D eigenvalue weighted by molar-refractivity contribution is -0.126. The molecule has 184 valence electrons. The first kappa shape index (κ1) is 24.2. The van der Waals surface area contributed by atoms with Gasteiger partial charge in [-0.05, 0) is 31.9 Å². The van der Waals surface area contributed by atoms with Crippen LogP contribution in [-0.4, -0.2) is 71.3 Å². The predicted molar refractivity (Wildman–Crippen MR) is 128 cm³/mol. The molecule has 2 aromatic rings. The number of rotatable bonds is 8. The number of nitrogens with one attached hydrogen (secondary N) is 1. The minimum Gasteiger partial charge on any atom is -0.493 e. The number of hydrogen-bond donors (Lipinski definition) is 1. The van der Waals surface area contributed by atoms with E-state index in [2.05, 4.69) is 20.1 Å². The van der Waals surface area contributed by atoms with Crippen LogP contribution < -0.4 is 19.5 Å². The van der Waals surface area contributed by atoms with Gasteiger partial charge in [-0.1, -0.05) is 31.0 Å². The molecule has 1 aromatic carbocycles. The van der Waals surface area contributed by atoms with Crippen LogP contribution in [0.5, 0.6) is 17.2 Å². The van der Waals surface area contributed by atoms with E-state index >= 15 is 0 Å². The summed E-state index contributed by atoms with van der Waals surface area (Å²) in [5, 5.41) is 11.9. The highest BCUT2D eigenvalue weighted by atomic mass is 32.2. The summed E-state index contributed by atoms with van der Waals surface area (Å²) in [4.78, 5) is 26.1. The Balaban J connectivity index is 1.72. The van der Waals surface area contributed by atoms with Gasteiger partial charge in [-0.3, -0.25) is 14.3 Å². The highest BCUT2D eigenvalue weighted by Crippen LogP contribution is 2.43. The zero-order valence-electron chi connectivity index (χ0n) is 20.0. The molecule has 0 bridgehead atoms. The number of amides is 3. The number of methoxy groups -OCH3 is 3. The van der Waals surface area contributed by atoms with Crippen molar-refractivity contribution in [2.75, 3.05) is 34.4 Å². The second-order valence-electron chi connectivity index (χ2n) is 8.36. The van der Waals surface area contributed by atoms with Gasteiger partial charge in [-0.2, -0.15) is 0 Å². The van der Waals surface area contributed by atoms with Crippen LogP contribution in [0.1, 0.15) is 45.1 Å². The lowest BCUT2D eigenvalue weighted by Crippen LogP contribution is -2.39. The number of benzene rings is 1. The highest BCUT2D eigenvalue weighted by molar-refractivity contribution is 8.00. The molecule has 11 heteroatoms. The Morgan fingerprint density at radius 1 is 1.09 bits per heavy atom. The summed E-state index contributed by atoms with van der Waals surface area (Å²) in [6, 6.07) is 3.60. The zero-order valence-corrected chi connectivity index (χ0v) is 20.8. The summed E-state index contributed by atoms with van der Waals surface area (Å²) in [5.74, 6) is 2.04. The molecule has 1 saturated heterocycles. The average molecular weight is 490 g/mol. The van der Waals surface area contributed by atoms with E-state index in [1.165, 1.54) is 23.1 Å². The van der Waals surface area contributed by atoms with E-state index < -0.39 is 5.25 Å². The third kappa shape index (κ3) is 4.66. The Labute approximate surface area is 203 Å². The van der Waals surface area contributed by atoms with Crippen LogP contribution in [0.25, 0.3) is 11.4 Å². The second kappa shape index (κ2) is 10.5. The SMILES string of the molecule is COc1cc(-c2nnc(SC(C)C(=O)N3CCNC3=O)n2C2CCCCC2)cc(OC)c1OC. The molecule has 34 heavy (non-hydrogen) atoms. The average Bonchev–Trinajstić information content (AvgIpc) is 3.49. The van der Waals surface area contributed by atoms with Crippen LogP contribution in [0.2, 0.25) is 0 Å². The van der Waals surface area contributed by atoms with Crippen LogP contribution in [0.4, 0.5) is 4.79 Å². The van der Waals surface area contributed by atoms with E-state index in [0.29, 0.717) is 41.3 Å². The van der Waals surface area contributed by atoms with Crippen molar-refractivity contribution in [3.8, 4) is 28.6 Å². The minimum atomic E-state index is -0.483. The van der Waals surface area contributed by atoms with E-state index in [1.807, 2.05) is 12.1 Å². The van der Waals surface area contributed by atoms with Crippen molar-refractivity contribution >= 4 is 23.7 Å².